The number of carbonyl (C=O) groups is 1. The summed E-state index contributed by atoms with van der Waals surface area (Å²) >= 11 is 5.89. The number of amides is 2. The molecule has 7 heteroatoms. The fraction of sp³-hybridized carbons (Fsp3) is 0.438. The first-order chi connectivity index (χ1) is 10.6. The molecule has 23 heavy (non-hydrogen) atoms. The van der Waals surface area contributed by atoms with Crippen LogP contribution in [0.2, 0.25) is 5.02 Å². The summed E-state index contributed by atoms with van der Waals surface area (Å²) in [6.07, 6.45) is -3.25. The van der Waals surface area contributed by atoms with Crippen molar-refractivity contribution in [1.29, 1.82) is 0 Å². The Hall–Kier alpha value is -1.87. The van der Waals surface area contributed by atoms with Crippen molar-refractivity contribution < 1.29 is 18.0 Å². The maximum atomic E-state index is 14.1. The van der Waals surface area contributed by atoms with E-state index in [1.54, 1.807) is 0 Å². The zero-order valence-electron chi connectivity index (χ0n) is 12.5. The average molecular weight is 343 g/mol. The van der Waals surface area contributed by atoms with E-state index in [9.17, 15) is 18.0 Å². The van der Waals surface area contributed by atoms with Gasteiger partial charge in [0.05, 0.1) is 0 Å². The van der Waals surface area contributed by atoms with E-state index < -0.39 is 23.2 Å². The van der Waals surface area contributed by atoms with Gasteiger partial charge in [-0.25, -0.2) is 4.79 Å². The molecule has 3 rings (SSSR count). The van der Waals surface area contributed by atoms with E-state index >= 15 is 0 Å². The van der Waals surface area contributed by atoms with Crippen LogP contribution in [0.1, 0.15) is 25.3 Å². The highest BCUT2D eigenvalue weighted by Crippen LogP contribution is 2.50. The van der Waals surface area contributed by atoms with E-state index in [2.05, 4.69) is 17.2 Å². The van der Waals surface area contributed by atoms with Crippen LogP contribution in [0.25, 0.3) is 0 Å². The monoisotopic (exact) mass is 342 g/mol. The minimum absolute atomic E-state index is 0.0741. The summed E-state index contributed by atoms with van der Waals surface area (Å²) in [7, 11) is 1.09. The minimum Gasteiger partial charge on any atom is -0.307 e. The van der Waals surface area contributed by atoms with Crippen LogP contribution in [0.5, 0.6) is 0 Å². The number of nitrogens with one attached hydrogen (secondary N) is 1. The summed E-state index contributed by atoms with van der Waals surface area (Å²) in [6, 6.07) is 3.16. The third-order valence-electron chi connectivity index (χ3n) is 4.38. The van der Waals surface area contributed by atoms with Crippen LogP contribution in [0.15, 0.2) is 18.2 Å². The van der Waals surface area contributed by atoms with E-state index in [0.717, 1.165) is 19.9 Å². The van der Waals surface area contributed by atoms with Gasteiger partial charge in [0.15, 0.2) is 0 Å². The van der Waals surface area contributed by atoms with Gasteiger partial charge in [-0.15, -0.1) is 0 Å². The van der Waals surface area contributed by atoms with Crippen molar-refractivity contribution in [2.45, 2.75) is 31.5 Å². The Bertz CT molecular complexity index is 746. The number of urea groups is 1. The molecule has 122 valence electrons. The van der Waals surface area contributed by atoms with Crippen LogP contribution >= 0.6 is 11.6 Å². The van der Waals surface area contributed by atoms with Crippen LogP contribution in [-0.4, -0.2) is 24.2 Å². The van der Waals surface area contributed by atoms with Gasteiger partial charge in [-0.1, -0.05) is 23.4 Å². The summed E-state index contributed by atoms with van der Waals surface area (Å²) in [5.41, 5.74) is -3.20. The normalized spacial score (nSPS) is 25.1. The molecule has 0 aromatic heterocycles. The van der Waals surface area contributed by atoms with E-state index in [-0.39, 0.29) is 16.3 Å². The van der Waals surface area contributed by atoms with Gasteiger partial charge in [0, 0.05) is 28.7 Å². The Labute approximate surface area is 136 Å². The number of benzene rings is 1. The maximum Gasteiger partial charge on any atom is 0.427 e. The van der Waals surface area contributed by atoms with Gasteiger partial charge < -0.3 is 5.32 Å². The van der Waals surface area contributed by atoms with E-state index in [1.807, 2.05) is 6.92 Å². The highest BCUT2D eigenvalue weighted by atomic mass is 35.5. The topological polar surface area (TPSA) is 32.3 Å². The molecule has 1 unspecified atom stereocenters. The van der Waals surface area contributed by atoms with Gasteiger partial charge in [0.1, 0.15) is 0 Å². The third kappa shape index (κ3) is 2.43. The SMILES string of the molecule is CN1C(=O)Nc2ccc(Cl)cc2C1(C#CC1(C)CC1)C(F)(F)F. The molecule has 1 fully saturated rings. The molecule has 1 aliphatic carbocycles. The second-order valence-electron chi connectivity index (χ2n) is 6.20. The van der Waals surface area contributed by atoms with Crippen molar-refractivity contribution in [3.63, 3.8) is 0 Å². The number of hydrogen-bond acceptors (Lipinski definition) is 1. The molecular weight excluding hydrogens is 329 g/mol. The molecule has 3 nitrogen and oxygen atoms in total. The first-order valence-corrected chi connectivity index (χ1v) is 7.43. The van der Waals surface area contributed by atoms with Gasteiger partial charge >= 0.3 is 12.2 Å². The lowest BCUT2D eigenvalue weighted by Gasteiger charge is -2.43. The van der Waals surface area contributed by atoms with Crippen molar-refractivity contribution >= 4 is 23.3 Å². The Balaban J connectivity index is 2.30. The lowest BCUT2D eigenvalue weighted by Crippen LogP contribution is -2.59. The molecule has 0 spiro atoms. The van der Waals surface area contributed by atoms with Gasteiger partial charge in [0.25, 0.3) is 0 Å². The number of rotatable bonds is 0. The predicted molar refractivity (Wildman–Crippen MR) is 81.1 cm³/mol. The van der Waals surface area contributed by atoms with Crippen molar-refractivity contribution in [1.82, 2.24) is 4.90 Å². The Morgan fingerprint density at radius 3 is 2.52 bits per heavy atom. The molecule has 1 aliphatic heterocycles. The molecule has 0 saturated heterocycles. The first kappa shape index (κ1) is 16.0. The summed E-state index contributed by atoms with van der Waals surface area (Å²) < 4.78 is 42.2. The maximum absolute atomic E-state index is 14.1. The number of alkyl halides is 3. The van der Waals surface area contributed by atoms with Crippen LogP contribution in [0.4, 0.5) is 23.7 Å². The molecule has 2 aliphatic rings. The van der Waals surface area contributed by atoms with Crippen molar-refractivity contribution in [2.75, 3.05) is 12.4 Å². The first-order valence-electron chi connectivity index (χ1n) is 7.05. The third-order valence-corrected chi connectivity index (χ3v) is 4.61. The zero-order chi connectivity index (χ0) is 17.0. The quantitative estimate of drug-likeness (QED) is 0.697. The van der Waals surface area contributed by atoms with Crippen molar-refractivity contribution in [3.05, 3.63) is 28.8 Å². The number of nitrogens with zero attached hydrogens (tertiary/aromatic N) is 1. The fourth-order valence-electron chi connectivity index (χ4n) is 2.58. The number of halogens is 4. The molecule has 2 amide bonds. The van der Waals surface area contributed by atoms with Crippen molar-refractivity contribution in [3.8, 4) is 11.8 Å². The molecule has 0 bridgehead atoms. The van der Waals surface area contributed by atoms with Gasteiger partial charge in [-0.2, -0.15) is 13.2 Å². The molecule has 1 aromatic carbocycles. The number of anilines is 1. The summed E-state index contributed by atoms with van der Waals surface area (Å²) in [4.78, 5) is 12.7. The summed E-state index contributed by atoms with van der Waals surface area (Å²) in [6.45, 7) is 1.81. The lowest BCUT2D eigenvalue weighted by atomic mass is 9.84. The fourth-order valence-corrected chi connectivity index (χ4v) is 2.75. The molecule has 1 atom stereocenters. The number of carbonyl (C=O) groups excluding carboxylic acids is 1. The second kappa shape index (κ2) is 4.81. The van der Waals surface area contributed by atoms with E-state index in [0.29, 0.717) is 4.90 Å². The number of fused-ring (bicyclic) bond motifs is 1. The van der Waals surface area contributed by atoms with Gasteiger partial charge in [-0.05, 0) is 38.0 Å². The lowest BCUT2D eigenvalue weighted by molar-refractivity contribution is -0.203. The Morgan fingerprint density at radius 1 is 1.30 bits per heavy atom. The van der Waals surface area contributed by atoms with E-state index in [4.69, 9.17) is 11.6 Å². The summed E-state index contributed by atoms with van der Waals surface area (Å²) in [5, 5.41) is 2.59. The average Bonchev–Trinajstić information content (AvgIpc) is 3.17. The Morgan fingerprint density at radius 2 is 1.96 bits per heavy atom. The number of hydrogen-bond donors (Lipinski definition) is 1. The molecular formula is C16H14ClF3N2O. The van der Waals surface area contributed by atoms with Gasteiger partial charge in [-0.3, -0.25) is 4.90 Å². The molecule has 1 saturated carbocycles. The van der Waals surface area contributed by atoms with Crippen molar-refractivity contribution in [2.24, 2.45) is 5.41 Å². The molecule has 1 aromatic rings. The molecule has 1 heterocycles. The predicted octanol–water partition coefficient (Wildman–Crippen LogP) is 4.38. The van der Waals surface area contributed by atoms with Gasteiger partial charge in [0.2, 0.25) is 5.54 Å². The smallest absolute Gasteiger partial charge is 0.307 e. The zero-order valence-corrected chi connectivity index (χ0v) is 13.3. The second-order valence-corrected chi connectivity index (χ2v) is 6.63. The Kier molecular flexibility index (Phi) is 3.35. The summed E-state index contributed by atoms with van der Waals surface area (Å²) in [5.74, 6) is 5.10. The van der Waals surface area contributed by atoms with E-state index in [1.165, 1.54) is 18.2 Å². The van der Waals surface area contributed by atoms with Crippen LogP contribution in [-0.2, 0) is 5.54 Å². The molecule has 0 radical (unpaired) electrons. The van der Waals surface area contributed by atoms with Crippen LogP contribution in [0, 0.1) is 17.3 Å². The minimum atomic E-state index is -4.77. The highest BCUT2D eigenvalue weighted by Gasteiger charge is 2.62. The van der Waals surface area contributed by atoms with Crippen LogP contribution in [0.3, 0.4) is 0 Å². The highest BCUT2D eigenvalue weighted by molar-refractivity contribution is 6.30. The standard InChI is InChI=1S/C16H14ClF3N2O/c1-14(5-6-14)7-8-15(16(18,19)20)11-9-10(17)3-4-12(11)21-13(23)22(15)2/h3-4,9H,5-6H2,1-2H3,(H,21,23). The van der Waals surface area contributed by atoms with Crippen LogP contribution < -0.4 is 5.32 Å². The molecule has 1 N–H and O–H groups in total. The largest absolute Gasteiger partial charge is 0.427 e.